The van der Waals surface area contributed by atoms with Crippen LogP contribution in [0.15, 0.2) is 60.7 Å². The van der Waals surface area contributed by atoms with Crippen molar-refractivity contribution in [2.75, 3.05) is 6.61 Å². The third-order valence-electron chi connectivity index (χ3n) is 3.51. The van der Waals surface area contributed by atoms with E-state index in [1.165, 1.54) is 0 Å². The van der Waals surface area contributed by atoms with Crippen molar-refractivity contribution in [3.8, 4) is 5.75 Å². The Balaban J connectivity index is 1.88. The topological polar surface area (TPSA) is 75.6 Å². The molecule has 1 amide bonds. The Kier molecular flexibility index (Phi) is 6.83. The van der Waals surface area contributed by atoms with E-state index in [1.807, 2.05) is 48.5 Å². The normalized spacial score (nSPS) is 11.5. The second kappa shape index (κ2) is 9.35. The lowest BCUT2D eigenvalue weighted by Crippen LogP contribution is -2.39. The van der Waals surface area contributed by atoms with Gasteiger partial charge in [-0.2, -0.15) is 0 Å². The van der Waals surface area contributed by atoms with Gasteiger partial charge in [0.1, 0.15) is 5.75 Å². The maximum atomic E-state index is 12.1. The number of carbonyl (C=O) groups excluding carboxylic acids is 1. The number of hydrogen-bond donors (Lipinski definition) is 2. The highest BCUT2D eigenvalue weighted by molar-refractivity contribution is 5.78. The lowest BCUT2D eigenvalue weighted by Gasteiger charge is -2.18. The van der Waals surface area contributed by atoms with E-state index in [-0.39, 0.29) is 25.0 Å². The molecule has 2 N–H and O–H groups in total. The number of ether oxygens (including phenoxy) is 1. The first-order valence-electron chi connectivity index (χ1n) is 7.86. The summed E-state index contributed by atoms with van der Waals surface area (Å²) in [5.74, 6) is -0.509. The molecule has 2 rings (SSSR count). The van der Waals surface area contributed by atoms with Crippen LogP contribution < -0.4 is 10.1 Å². The zero-order chi connectivity index (χ0) is 17.2. The first kappa shape index (κ1) is 17.5. The zero-order valence-electron chi connectivity index (χ0n) is 13.4. The second-order valence-electron chi connectivity index (χ2n) is 5.49. The van der Waals surface area contributed by atoms with E-state index >= 15 is 0 Å². The summed E-state index contributed by atoms with van der Waals surface area (Å²) in [4.78, 5) is 22.9. The first-order valence-corrected chi connectivity index (χ1v) is 7.86. The average molecular weight is 327 g/mol. The van der Waals surface area contributed by atoms with Gasteiger partial charge in [-0.3, -0.25) is 9.59 Å². The Bertz CT molecular complexity index is 643. The molecule has 5 heteroatoms. The molecule has 1 unspecified atom stereocenters. The standard InChI is InChI=1S/C19H21NO4/c21-18(14-24-17-9-5-2-6-10-17)20-16(11-12-19(22)23)13-15-7-3-1-4-8-15/h1-10,16H,11-14H2,(H,20,21)(H,22,23). The molecule has 0 spiro atoms. The second-order valence-corrected chi connectivity index (χ2v) is 5.49. The highest BCUT2D eigenvalue weighted by Gasteiger charge is 2.15. The number of rotatable bonds is 9. The largest absolute Gasteiger partial charge is 0.484 e. The molecule has 24 heavy (non-hydrogen) atoms. The Morgan fingerprint density at radius 2 is 1.62 bits per heavy atom. The number of carbonyl (C=O) groups is 2. The van der Waals surface area contributed by atoms with Crippen molar-refractivity contribution in [2.24, 2.45) is 0 Å². The number of carboxylic acid groups (broad SMARTS) is 1. The van der Waals surface area contributed by atoms with Crippen LogP contribution in [0.3, 0.4) is 0 Å². The Hall–Kier alpha value is -2.82. The van der Waals surface area contributed by atoms with Crippen molar-refractivity contribution >= 4 is 11.9 Å². The maximum absolute atomic E-state index is 12.1. The minimum absolute atomic E-state index is 0.0112. The van der Waals surface area contributed by atoms with Crippen molar-refractivity contribution in [3.05, 3.63) is 66.2 Å². The predicted molar refractivity (Wildman–Crippen MR) is 90.9 cm³/mol. The quantitative estimate of drug-likeness (QED) is 0.742. The first-order chi connectivity index (χ1) is 11.6. The van der Waals surface area contributed by atoms with Crippen LogP contribution in [0.25, 0.3) is 0 Å². The van der Waals surface area contributed by atoms with Gasteiger partial charge in [-0.25, -0.2) is 0 Å². The molecule has 5 nitrogen and oxygen atoms in total. The lowest BCUT2D eigenvalue weighted by molar-refractivity contribution is -0.137. The summed E-state index contributed by atoms with van der Waals surface area (Å²) in [5, 5.41) is 11.7. The number of benzene rings is 2. The molecule has 0 aliphatic carbocycles. The van der Waals surface area contributed by atoms with Gasteiger partial charge in [-0.15, -0.1) is 0 Å². The highest BCUT2D eigenvalue weighted by atomic mass is 16.5. The molecule has 0 aromatic heterocycles. The van der Waals surface area contributed by atoms with Gasteiger partial charge in [0.2, 0.25) is 0 Å². The molecule has 2 aromatic rings. The molecular formula is C19H21NO4. The Morgan fingerprint density at radius 3 is 2.25 bits per heavy atom. The number of amides is 1. The summed E-state index contributed by atoms with van der Waals surface area (Å²) in [7, 11) is 0. The molecule has 126 valence electrons. The number of carboxylic acids is 1. The SMILES string of the molecule is O=C(O)CCC(Cc1ccccc1)NC(=O)COc1ccccc1. The number of hydrogen-bond acceptors (Lipinski definition) is 3. The summed E-state index contributed by atoms with van der Waals surface area (Å²) < 4.78 is 5.42. The minimum atomic E-state index is -0.872. The molecule has 2 aromatic carbocycles. The molecule has 0 heterocycles. The molecule has 0 aliphatic heterocycles. The van der Waals surface area contributed by atoms with Gasteiger partial charge < -0.3 is 15.2 Å². The smallest absolute Gasteiger partial charge is 0.303 e. The predicted octanol–water partition coefficient (Wildman–Crippen LogP) is 2.66. The van der Waals surface area contributed by atoms with Gasteiger partial charge in [0.25, 0.3) is 5.91 Å². The van der Waals surface area contributed by atoms with Crippen LogP contribution in [-0.2, 0) is 16.0 Å². The van der Waals surface area contributed by atoms with Crippen LogP contribution in [0, 0.1) is 0 Å². The van der Waals surface area contributed by atoms with Gasteiger partial charge in [0.05, 0.1) is 0 Å². The van der Waals surface area contributed by atoms with E-state index < -0.39 is 5.97 Å². The van der Waals surface area contributed by atoms with Crippen LogP contribution in [0.1, 0.15) is 18.4 Å². The van der Waals surface area contributed by atoms with Gasteiger partial charge in [0.15, 0.2) is 6.61 Å². The van der Waals surface area contributed by atoms with Crippen molar-refractivity contribution < 1.29 is 19.4 Å². The fourth-order valence-corrected chi connectivity index (χ4v) is 2.36. The minimum Gasteiger partial charge on any atom is -0.484 e. The fourth-order valence-electron chi connectivity index (χ4n) is 2.36. The van der Waals surface area contributed by atoms with Crippen LogP contribution in [0.2, 0.25) is 0 Å². The third-order valence-corrected chi connectivity index (χ3v) is 3.51. The van der Waals surface area contributed by atoms with Gasteiger partial charge in [-0.1, -0.05) is 48.5 Å². The van der Waals surface area contributed by atoms with Crippen molar-refractivity contribution in [1.29, 1.82) is 0 Å². The van der Waals surface area contributed by atoms with E-state index in [2.05, 4.69) is 5.32 Å². The van der Waals surface area contributed by atoms with Crippen LogP contribution in [-0.4, -0.2) is 29.6 Å². The lowest BCUT2D eigenvalue weighted by atomic mass is 10.0. The average Bonchev–Trinajstić information content (AvgIpc) is 2.60. The molecule has 1 atom stereocenters. The van der Waals surface area contributed by atoms with Crippen LogP contribution >= 0.6 is 0 Å². The summed E-state index contributed by atoms with van der Waals surface area (Å²) in [6.07, 6.45) is 0.976. The Labute approximate surface area is 141 Å². The van der Waals surface area contributed by atoms with E-state index in [0.717, 1.165) is 5.56 Å². The van der Waals surface area contributed by atoms with Crippen molar-refractivity contribution in [2.45, 2.75) is 25.3 Å². The van der Waals surface area contributed by atoms with Crippen molar-refractivity contribution in [1.82, 2.24) is 5.32 Å². The number of nitrogens with one attached hydrogen (secondary N) is 1. The van der Waals surface area contributed by atoms with Gasteiger partial charge in [0, 0.05) is 12.5 Å². The molecule has 0 saturated heterocycles. The van der Waals surface area contributed by atoms with E-state index in [1.54, 1.807) is 12.1 Å². The van der Waals surface area contributed by atoms with Gasteiger partial charge in [-0.05, 0) is 30.5 Å². The summed E-state index contributed by atoms with van der Waals surface area (Å²) in [5.41, 5.74) is 1.05. The van der Waals surface area contributed by atoms with Crippen LogP contribution in [0.4, 0.5) is 0 Å². The highest BCUT2D eigenvalue weighted by Crippen LogP contribution is 2.10. The Morgan fingerprint density at radius 1 is 1.00 bits per heavy atom. The van der Waals surface area contributed by atoms with E-state index in [0.29, 0.717) is 18.6 Å². The van der Waals surface area contributed by atoms with E-state index in [4.69, 9.17) is 9.84 Å². The number of aliphatic carboxylic acids is 1. The summed E-state index contributed by atoms with van der Waals surface area (Å²) >= 11 is 0. The van der Waals surface area contributed by atoms with Crippen LogP contribution in [0.5, 0.6) is 5.75 Å². The summed E-state index contributed by atoms with van der Waals surface area (Å²) in [6.45, 7) is -0.0949. The monoisotopic (exact) mass is 327 g/mol. The number of para-hydroxylation sites is 1. The molecule has 0 radical (unpaired) electrons. The van der Waals surface area contributed by atoms with E-state index in [9.17, 15) is 9.59 Å². The van der Waals surface area contributed by atoms with Gasteiger partial charge >= 0.3 is 5.97 Å². The maximum Gasteiger partial charge on any atom is 0.303 e. The fraction of sp³-hybridized carbons (Fsp3) is 0.263. The molecule has 0 bridgehead atoms. The molecule has 0 aliphatic rings. The zero-order valence-corrected chi connectivity index (χ0v) is 13.4. The molecule has 0 saturated carbocycles. The third kappa shape index (κ3) is 6.52. The molecular weight excluding hydrogens is 306 g/mol. The summed E-state index contributed by atoms with van der Waals surface area (Å²) in [6, 6.07) is 18.5. The molecule has 0 fully saturated rings. The van der Waals surface area contributed by atoms with Crippen molar-refractivity contribution in [3.63, 3.8) is 0 Å².